The zero-order chi connectivity index (χ0) is 16.1. The van der Waals surface area contributed by atoms with Gasteiger partial charge in [0.1, 0.15) is 4.70 Å². The highest BCUT2D eigenvalue weighted by Gasteiger charge is 2.14. The largest absolute Gasteiger partial charge is 0.383 e. The zero-order valence-corrected chi connectivity index (χ0v) is 14.4. The number of carbonyl (C=O) groups is 1. The van der Waals surface area contributed by atoms with Crippen molar-refractivity contribution in [1.82, 2.24) is 14.9 Å². The molecule has 0 fully saturated rings. The van der Waals surface area contributed by atoms with E-state index in [2.05, 4.69) is 10.3 Å². The molecule has 120 valence electrons. The van der Waals surface area contributed by atoms with Gasteiger partial charge in [0.25, 0.3) is 5.56 Å². The Balaban J connectivity index is 2.26. The Labute approximate surface area is 136 Å². The van der Waals surface area contributed by atoms with Crippen LogP contribution >= 0.6 is 23.1 Å². The van der Waals surface area contributed by atoms with E-state index in [9.17, 15) is 9.59 Å². The van der Waals surface area contributed by atoms with Gasteiger partial charge in [-0.3, -0.25) is 14.2 Å². The van der Waals surface area contributed by atoms with Crippen molar-refractivity contribution in [1.29, 1.82) is 0 Å². The molecule has 0 saturated heterocycles. The number of hydrogen-bond acceptors (Lipinski definition) is 6. The minimum Gasteiger partial charge on any atom is -0.383 e. The first-order valence-electron chi connectivity index (χ1n) is 6.92. The van der Waals surface area contributed by atoms with Crippen LogP contribution in [0.25, 0.3) is 10.2 Å². The third kappa shape index (κ3) is 4.08. The molecule has 0 spiro atoms. The molecular weight excluding hydrogens is 322 g/mol. The lowest BCUT2D eigenvalue weighted by Gasteiger charge is -2.12. The quantitative estimate of drug-likeness (QED) is 0.613. The topological polar surface area (TPSA) is 73.2 Å². The van der Waals surface area contributed by atoms with E-state index in [1.165, 1.54) is 23.1 Å². The summed E-state index contributed by atoms with van der Waals surface area (Å²) in [5, 5.41) is 5.22. The van der Waals surface area contributed by atoms with Gasteiger partial charge in [-0.05, 0) is 25.3 Å². The Bertz CT molecular complexity index is 709. The molecule has 0 bridgehead atoms. The van der Waals surface area contributed by atoms with Crippen molar-refractivity contribution in [2.45, 2.75) is 31.6 Å². The van der Waals surface area contributed by atoms with E-state index in [1.807, 2.05) is 25.3 Å². The summed E-state index contributed by atoms with van der Waals surface area (Å²) in [6.45, 7) is 4.66. The molecule has 2 aromatic heterocycles. The van der Waals surface area contributed by atoms with Crippen molar-refractivity contribution in [3.05, 3.63) is 21.8 Å². The molecule has 0 aliphatic carbocycles. The molecule has 1 amide bonds. The highest BCUT2D eigenvalue weighted by molar-refractivity contribution is 7.99. The van der Waals surface area contributed by atoms with Crippen LogP contribution in [0.1, 0.15) is 13.8 Å². The first kappa shape index (κ1) is 17.0. The van der Waals surface area contributed by atoms with Crippen LogP contribution in [0.3, 0.4) is 0 Å². The summed E-state index contributed by atoms with van der Waals surface area (Å²) in [7, 11) is 1.59. The summed E-state index contributed by atoms with van der Waals surface area (Å²) in [5.74, 6) is 0.158. The molecule has 6 nitrogen and oxygen atoms in total. The summed E-state index contributed by atoms with van der Waals surface area (Å²) in [4.78, 5) is 28.8. The fourth-order valence-electron chi connectivity index (χ4n) is 1.91. The molecule has 0 unspecified atom stereocenters. The van der Waals surface area contributed by atoms with Crippen molar-refractivity contribution in [2.24, 2.45) is 0 Å². The Kier molecular flexibility index (Phi) is 5.98. The Hall–Kier alpha value is -1.38. The molecule has 2 heterocycles. The van der Waals surface area contributed by atoms with E-state index < -0.39 is 0 Å². The summed E-state index contributed by atoms with van der Waals surface area (Å²) in [5.41, 5.74) is 0.597. The van der Waals surface area contributed by atoms with E-state index in [1.54, 1.807) is 11.7 Å². The maximum absolute atomic E-state index is 12.5. The van der Waals surface area contributed by atoms with Gasteiger partial charge in [0.2, 0.25) is 5.91 Å². The van der Waals surface area contributed by atoms with Gasteiger partial charge in [-0.1, -0.05) is 11.8 Å². The SMILES string of the molecule is COCCn1c(SCC(=O)NC(C)C)nc2ccsc2c1=O. The lowest BCUT2D eigenvalue weighted by Crippen LogP contribution is -2.32. The average molecular weight is 341 g/mol. The van der Waals surface area contributed by atoms with Crippen LogP contribution < -0.4 is 10.9 Å². The fraction of sp³-hybridized carbons (Fsp3) is 0.500. The van der Waals surface area contributed by atoms with Gasteiger partial charge in [0, 0.05) is 13.2 Å². The number of thioether (sulfide) groups is 1. The third-order valence-corrected chi connectivity index (χ3v) is 4.70. The zero-order valence-electron chi connectivity index (χ0n) is 12.8. The van der Waals surface area contributed by atoms with Crippen molar-refractivity contribution >= 4 is 39.2 Å². The molecule has 0 radical (unpaired) electrons. The Morgan fingerprint density at radius 3 is 3.00 bits per heavy atom. The minimum absolute atomic E-state index is 0.0713. The predicted molar refractivity (Wildman–Crippen MR) is 89.8 cm³/mol. The van der Waals surface area contributed by atoms with Crippen LogP contribution in [-0.4, -0.2) is 41.0 Å². The summed E-state index contributed by atoms with van der Waals surface area (Å²) in [6, 6.07) is 1.91. The second-order valence-corrected chi connectivity index (χ2v) is 6.85. The third-order valence-electron chi connectivity index (χ3n) is 2.83. The highest BCUT2D eigenvalue weighted by atomic mass is 32.2. The van der Waals surface area contributed by atoms with Crippen molar-refractivity contribution in [2.75, 3.05) is 19.5 Å². The summed E-state index contributed by atoms with van der Waals surface area (Å²) in [6.07, 6.45) is 0. The lowest BCUT2D eigenvalue weighted by molar-refractivity contribution is -0.119. The first-order valence-corrected chi connectivity index (χ1v) is 8.78. The van der Waals surface area contributed by atoms with Gasteiger partial charge in [0.15, 0.2) is 5.16 Å². The van der Waals surface area contributed by atoms with Crippen LogP contribution in [-0.2, 0) is 16.1 Å². The number of ether oxygens (including phenoxy) is 1. The number of hydrogen-bond donors (Lipinski definition) is 1. The number of nitrogens with one attached hydrogen (secondary N) is 1. The van der Waals surface area contributed by atoms with Gasteiger partial charge in [-0.2, -0.15) is 0 Å². The number of amides is 1. The summed E-state index contributed by atoms with van der Waals surface area (Å²) >= 11 is 2.65. The molecule has 0 aromatic carbocycles. The van der Waals surface area contributed by atoms with E-state index >= 15 is 0 Å². The van der Waals surface area contributed by atoms with Crippen molar-refractivity contribution < 1.29 is 9.53 Å². The number of rotatable bonds is 7. The van der Waals surface area contributed by atoms with E-state index in [-0.39, 0.29) is 23.3 Å². The Morgan fingerprint density at radius 2 is 2.32 bits per heavy atom. The standard InChI is InChI=1S/C14H19N3O3S2/c1-9(2)15-11(18)8-22-14-16-10-4-7-21-12(10)13(19)17(14)5-6-20-3/h4,7,9H,5-6,8H2,1-3H3,(H,15,18). The Morgan fingerprint density at radius 1 is 1.55 bits per heavy atom. The van der Waals surface area contributed by atoms with E-state index in [0.717, 1.165) is 0 Å². The summed E-state index contributed by atoms with van der Waals surface area (Å²) < 4.78 is 7.27. The van der Waals surface area contributed by atoms with Crippen LogP contribution in [0.5, 0.6) is 0 Å². The number of thiophene rings is 1. The average Bonchev–Trinajstić information content (AvgIpc) is 2.92. The lowest BCUT2D eigenvalue weighted by atomic mass is 10.4. The van der Waals surface area contributed by atoms with Gasteiger partial charge in [0.05, 0.1) is 24.4 Å². The van der Waals surface area contributed by atoms with E-state index in [0.29, 0.717) is 28.5 Å². The molecule has 22 heavy (non-hydrogen) atoms. The highest BCUT2D eigenvalue weighted by Crippen LogP contribution is 2.20. The van der Waals surface area contributed by atoms with E-state index in [4.69, 9.17) is 4.74 Å². The smallest absolute Gasteiger partial charge is 0.272 e. The number of aromatic nitrogens is 2. The number of nitrogens with zero attached hydrogens (tertiary/aromatic N) is 2. The molecule has 8 heteroatoms. The predicted octanol–water partition coefficient (Wildman–Crippen LogP) is 1.72. The van der Waals surface area contributed by atoms with Crippen LogP contribution in [0.4, 0.5) is 0 Å². The van der Waals surface area contributed by atoms with Gasteiger partial charge in [-0.15, -0.1) is 11.3 Å². The van der Waals surface area contributed by atoms with Gasteiger partial charge >= 0.3 is 0 Å². The van der Waals surface area contributed by atoms with Crippen LogP contribution in [0, 0.1) is 0 Å². The minimum atomic E-state index is -0.0798. The van der Waals surface area contributed by atoms with Crippen LogP contribution in [0.2, 0.25) is 0 Å². The molecule has 1 N–H and O–H groups in total. The molecule has 0 atom stereocenters. The van der Waals surface area contributed by atoms with Crippen molar-refractivity contribution in [3.63, 3.8) is 0 Å². The fourth-order valence-corrected chi connectivity index (χ4v) is 3.52. The first-order chi connectivity index (χ1) is 10.5. The monoisotopic (exact) mass is 341 g/mol. The number of carbonyl (C=O) groups excluding carboxylic acids is 1. The molecule has 0 aliphatic heterocycles. The second-order valence-electron chi connectivity index (χ2n) is 4.99. The van der Waals surface area contributed by atoms with Crippen molar-refractivity contribution in [3.8, 4) is 0 Å². The number of fused-ring (bicyclic) bond motifs is 1. The second kappa shape index (κ2) is 7.75. The normalized spacial score (nSPS) is 11.3. The molecule has 2 aromatic rings. The maximum Gasteiger partial charge on any atom is 0.272 e. The molecule has 0 saturated carbocycles. The van der Waals surface area contributed by atoms with Crippen LogP contribution in [0.15, 0.2) is 21.4 Å². The molecule has 0 aliphatic rings. The van der Waals surface area contributed by atoms with Gasteiger partial charge in [-0.25, -0.2) is 4.98 Å². The molecular formula is C14H19N3O3S2. The van der Waals surface area contributed by atoms with Gasteiger partial charge < -0.3 is 10.1 Å². The molecule has 2 rings (SSSR count). The maximum atomic E-state index is 12.5. The number of methoxy groups -OCH3 is 1.